The summed E-state index contributed by atoms with van der Waals surface area (Å²) in [6.07, 6.45) is -4.55. The maximum atomic E-state index is 12.9. The van der Waals surface area contributed by atoms with Crippen molar-refractivity contribution in [3.63, 3.8) is 0 Å². The highest BCUT2D eigenvalue weighted by atomic mass is 35.5. The molecule has 0 aliphatic carbocycles. The van der Waals surface area contributed by atoms with E-state index in [0.717, 1.165) is 12.1 Å². The van der Waals surface area contributed by atoms with Gasteiger partial charge in [-0.3, -0.25) is 9.59 Å². The molecule has 1 aliphatic rings. The number of hydrogen-bond acceptors (Lipinski definition) is 4. The first kappa shape index (κ1) is 22.2. The van der Waals surface area contributed by atoms with Crippen LogP contribution in [0.1, 0.15) is 24.5 Å². The van der Waals surface area contributed by atoms with Crippen molar-refractivity contribution >= 4 is 24.2 Å². The molecule has 146 valence electrons. The summed E-state index contributed by atoms with van der Waals surface area (Å²) in [5, 5.41) is 5.54. The highest BCUT2D eigenvalue weighted by molar-refractivity contribution is 5.91. The Kier molecular flexibility index (Phi) is 7.43. The summed E-state index contributed by atoms with van der Waals surface area (Å²) in [5.74, 6) is -1.46. The van der Waals surface area contributed by atoms with Crippen molar-refractivity contribution in [1.82, 2.24) is 10.6 Å². The fourth-order valence-corrected chi connectivity index (χ4v) is 2.59. The van der Waals surface area contributed by atoms with Crippen molar-refractivity contribution in [2.24, 2.45) is 5.73 Å². The number of carbonyl (C=O) groups is 2. The predicted molar refractivity (Wildman–Crippen MR) is 90.6 cm³/mol. The summed E-state index contributed by atoms with van der Waals surface area (Å²) in [7, 11) is 0. The average Bonchev–Trinajstić information content (AvgIpc) is 2.54. The van der Waals surface area contributed by atoms with Crippen LogP contribution in [0, 0.1) is 0 Å². The molecule has 1 fully saturated rings. The fourth-order valence-electron chi connectivity index (χ4n) is 2.59. The summed E-state index contributed by atoms with van der Waals surface area (Å²) >= 11 is 0. The zero-order chi connectivity index (χ0) is 18.7. The Bertz CT molecular complexity index is 651. The molecular formula is C16H21ClF3N3O3. The van der Waals surface area contributed by atoms with Gasteiger partial charge in [-0.1, -0.05) is 12.1 Å². The number of morpholine rings is 1. The molecule has 6 nitrogen and oxygen atoms in total. The number of rotatable bonds is 5. The largest absolute Gasteiger partial charge is 0.416 e. The van der Waals surface area contributed by atoms with Crippen molar-refractivity contribution in [3.05, 3.63) is 35.4 Å². The highest BCUT2D eigenvalue weighted by Gasteiger charge is 2.38. The summed E-state index contributed by atoms with van der Waals surface area (Å²) in [6.45, 7) is 2.76. The first-order valence-corrected chi connectivity index (χ1v) is 7.72. The van der Waals surface area contributed by atoms with Crippen LogP contribution in [0.2, 0.25) is 0 Å². The second-order valence-corrected chi connectivity index (χ2v) is 6.05. The minimum Gasteiger partial charge on any atom is -0.378 e. The first-order chi connectivity index (χ1) is 11.6. The first-order valence-electron chi connectivity index (χ1n) is 7.72. The maximum absolute atomic E-state index is 12.9. The highest BCUT2D eigenvalue weighted by Crippen LogP contribution is 2.32. The minimum absolute atomic E-state index is 0. The van der Waals surface area contributed by atoms with Crippen LogP contribution in [0.25, 0.3) is 0 Å². The molecule has 0 spiro atoms. The van der Waals surface area contributed by atoms with Gasteiger partial charge in [0.2, 0.25) is 11.8 Å². The molecule has 10 heteroatoms. The number of amides is 2. The number of hydrogen-bond donors (Lipinski definition) is 3. The predicted octanol–water partition coefficient (Wildman–Crippen LogP) is 1.32. The van der Waals surface area contributed by atoms with E-state index in [4.69, 9.17) is 10.5 Å². The molecule has 1 saturated heterocycles. The second-order valence-electron chi connectivity index (χ2n) is 6.05. The van der Waals surface area contributed by atoms with E-state index >= 15 is 0 Å². The Balaban J connectivity index is 0.00000338. The number of ether oxygens (including phenoxy) is 1. The van der Waals surface area contributed by atoms with Crippen molar-refractivity contribution < 1.29 is 27.5 Å². The van der Waals surface area contributed by atoms with Crippen LogP contribution in [0.4, 0.5) is 13.2 Å². The Morgan fingerprint density at radius 2 is 2.00 bits per heavy atom. The van der Waals surface area contributed by atoms with E-state index in [1.807, 2.05) is 0 Å². The van der Waals surface area contributed by atoms with Crippen LogP contribution >= 0.6 is 12.4 Å². The topological polar surface area (TPSA) is 93.4 Å². The van der Waals surface area contributed by atoms with Crippen molar-refractivity contribution in [3.8, 4) is 0 Å². The number of primary amides is 1. The lowest BCUT2D eigenvalue weighted by Crippen LogP contribution is -2.54. The van der Waals surface area contributed by atoms with E-state index in [2.05, 4.69) is 10.6 Å². The molecule has 1 aromatic carbocycles. The number of nitrogens with two attached hydrogens (primary N) is 1. The molecule has 2 unspecified atom stereocenters. The monoisotopic (exact) mass is 395 g/mol. The molecule has 1 aliphatic heterocycles. The van der Waals surface area contributed by atoms with Gasteiger partial charge in [0.1, 0.15) is 5.54 Å². The van der Waals surface area contributed by atoms with Gasteiger partial charge in [-0.2, -0.15) is 13.2 Å². The van der Waals surface area contributed by atoms with Crippen LogP contribution in [-0.2, 0) is 26.0 Å². The fraction of sp³-hybridized carbons (Fsp3) is 0.500. The number of alkyl halides is 3. The lowest BCUT2D eigenvalue weighted by molar-refractivity contribution is -0.138. The molecule has 0 saturated carbocycles. The Labute approximate surface area is 155 Å². The van der Waals surface area contributed by atoms with Gasteiger partial charge >= 0.3 is 6.18 Å². The Morgan fingerprint density at radius 3 is 2.54 bits per heavy atom. The molecule has 26 heavy (non-hydrogen) atoms. The lowest BCUT2D eigenvalue weighted by Gasteiger charge is -2.30. The van der Waals surface area contributed by atoms with Gasteiger partial charge in [0.15, 0.2) is 0 Å². The Hall–Kier alpha value is -1.84. The maximum Gasteiger partial charge on any atom is 0.416 e. The van der Waals surface area contributed by atoms with Crippen LogP contribution in [-0.4, -0.2) is 37.6 Å². The van der Waals surface area contributed by atoms with Gasteiger partial charge in [0, 0.05) is 19.0 Å². The number of halogens is 4. The summed E-state index contributed by atoms with van der Waals surface area (Å²) < 4.78 is 43.9. The summed E-state index contributed by atoms with van der Waals surface area (Å²) in [6, 6.07) is 3.96. The van der Waals surface area contributed by atoms with Gasteiger partial charge in [-0.25, -0.2) is 0 Å². The normalized spacial score (nSPS) is 19.8. The minimum atomic E-state index is -4.57. The van der Waals surface area contributed by atoms with E-state index in [0.29, 0.717) is 19.8 Å². The number of nitrogens with one attached hydrogen (secondary N) is 2. The van der Waals surface area contributed by atoms with Crippen molar-refractivity contribution in [2.75, 3.05) is 19.8 Å². The van der Waals surface area contributed by atoms with Crippen LogP contribution in [0.5, 0.6) is 0 Å². The summed E-state index contributed by atoms with van der Waals surface area (Å²) in [4.78, 5) is 24.1. The third-order valence-corrected chi connectivity index (χ3v) is 4.08. The molecule has 1 aromatic rings. The van der Waals surface area contributed by atoms with E-state index in [1.54, 1.807) is 0 Å². The van der Waals surface area contributed by atoms with E-state index in [1.165, 1.54) is 19.1 Å². The second kappa shape index (κ2) is 8.70. The van der Waals surface area contributed by atoms with Gasteiger partial charge in [0.05, 0.1) is 18.8 Å². The van der Waals surface area contributed by atoms with Crippen molar-refractivity contribution in [2.45, 2.75) is 31.1 Å². The van der Waals surface area contributed by atoms with E-state index in [-0.39, 0.29) is 30.4 Å². The molecule has 0 bridgehead atoms. The van der Waals surface area contributed by atoms with Gasteiger partial charge < -0.3 is 21.1 Å². The molecule has 2 amide bonds. The van der Waals surface area contributed by atoms with Crippen LogP contribution in [0.3, 0.4) is 0 Å². The van der Waals surface area contributed by atoms with Crippen LogP contribution in [0.15, 0.2) is 24.3 Å². The lowest BCUT2D eigenvalue weighted by atomic mass is 9.89. The van der Waals surface area contributed by atoms with E-state index < -0.39 is 29.1 Å². The average molecular weight is 396 g/mol. The third kappa shape index (κ3) is 5.33. The van der Waals surface area contributed by atoms with Gasteiger partial charge in [0.25, 0.3) is 0 Å². The molecular weight excluding hydrogens is 375 g/mol. The van der Waals surface area contributed by atoms with E-state index in [9.17, 15) is 22.8 Å². The molecule has 2 rings (SSSR count). The zero-order valence-electron chi connectivity index (χ0n) is 14.1. The van der Waals surface area contributed by atoms with Gasteiger partial charge in [-0.05, 0) is 24.6 Å². The SMILES string of the molecule is CC(NC(=O)CC1COCCN1)(C(N)=O)c1cccc(C(F)(F)F)c1.Cl. The Morgan fingerprint density at radius 1 is 1.35 bits per heavy atom. The molecule has 1 heterocycles. The smallest absolute Gasteiger partial charge is 0.378 e. The standard InChI is InChI=1S/C16H20F3N3O3.ClH/c1-15(14(20)24,10-3-2-4-11(7-10)16(17,18)19)22-13(23)8-12-9-25-6-5-21-12;/h2-4,7,12,21H,5-6,8-9H2,1H3,(H2,20,24)(H,22,23);1H. The molecule has 0 radical (unpaired) electrons. The molecule has 2 atom stereocenters. The number of benzene rings is 1. The molecule has 4 N–H and O–H groups in total. The quantitative estimate of drug-likeness (QED) is 0.701. The third-order valence-electron chi connectivity index (χ3n) is 4.08. The van der Waals surface area contributed by atoms with Crippen molar-refractivity contribution in [1.29, 1.82) is 0 Å². The molecule has 0 aromatic heterocycles. The van der Waals surface area contributed by atoms with Gasteiger partial charge in [-0.15, -0.1) is 12.4 Å². The van der Waals surface area contributed by atoms with Crippen LogP contribution < -0.4 is 16.4 Å². The number of carbonyl (C=O) groups excluding carboxylic acids is 2. The summed E-state index contributed by atoms with van der Waals surface area (Å²) in [5.41, 5.74) is 2.66. The zero-order valence-corrected chi connectivity index (χ0v) is 14.9.